The largest absolute Gasteiger partial charge is 0.494 e. The molecule has 0 saturated carbocycles. The Kier molecular flexibility index (Phi) is 5.12. The van der Waals surface area contributed by atoms with Gasteiger partial charge in [-0.2, -0.15) is 0 Å². The first-order valence-electron chi connectivity index (χ1n) is 4.66. The topological polar surface area (TPSA) is 26.3 Å². The molecule has 0 atom stereocenters. The van der Waals surface area contributed by atoms with Gasteiger partial charge in [0.2, 0.25) is 0 Å². The molecule has 1 aromatic rings. The van der Waals surface area contributed by atoms with Gasteiger partial charge in [0.05, 0.1) is 11.9 Å². The predicted molar refractivity (Wildman–Crippen MR) is 65.1 cm³/mol. The van der Waals surface area contributed by atoms with Crippen LogP contribution in [0.1, 0.15) is 12.5 Å². The summed E-state index contributed by atoms with van der Waals surface area (Å²) in [5.41, 5.74) is 0.769. The van der Waals surface area contributed by atoms with E-state index in [1.165, 1.54) is 0 Å². The molecule has 0 unspecified atom stereocenters. The monoisotopic (exact) mass is 290 g/mol. The van der Waals surface area contributed by atoms with Gasteiger partial charge in [-0.25, -0.2) is 0 Å². The molecular weight excluding hydrogens is 279 g/mol. The van der Waals surface area contributed by atoms with Crippen LogP contribution in [-0.4, -0.2) is 17.7 Å². The number of rotatable bonds is 5. The van der Waals surface area contributed by atoms with Crippen LogP contribution in [0.3, 0.4) is 0 Å². The Morgan fingerprint density at radius 1 is 1.53 bits per heavy atom. The number of benzene rings is 1. The van der Waals surface area contributed by atoms with Crippen LogP contribution in [0.25, 0.3) is 0 Å². The Labute approximate surface area is 103 Å². The zero-order chi connectivity index (χ0) is 11.3. The van der Waals surface area contributed by atoms with E-state index in [4.69, 9.17) is 16.3 Å². The van der Waals surface area contributed by atoms with Crippen molar-refractivity contribution in [3.8, 4) is 5.75 Å². The third-order valence-electron chi connectivity index (χ3n) is 1.90. The van der Waals surface area contributed by atoms with E-state index in [2.05, 4.69) is 15.9 Å². The molecule has 15 heavy (non-hydrogen) atoms. The van der Waals surface area contributed by atoms with E-state index >= 15 is 0 Å². The minimum atomic E-state index is 0.0871. The van der Waals surface area contributed by atoms with E-state index < -0.39 is 0 Å². The summed E-state index contributed by atoms with van der Waals surface area (Å²) in [4.78, 5) is 11.3. The lowest BCUT2D eigenvalue weighted by Gasteiger charge is -2.10. The van der Waals surface area contributed by atoms with Crippen molar-refractivity contribution in [3.63, 3.8) is 0 Å². The third kappa shape index (κ3) is 3.50. The summed E-state index contributed by atoms with van der Waals surface area (Å²) in [5.74, 6) is 0.781. The Balaban J connectivity index is 2.96. The van der Waals surface area contributed by atoms with Crippen LogP contribution in [0, 0.1) is 0 Å². The lowest BCUT2D eigenvalue weighted by Crippen LogP contribution is -2.06. The number of halogens is 2. The molecule has 0 aliphatic heterocycles. The standard InChI is InChI=1S/C11H12BrClO2/c1-2-15-11-5-3-4-10(13)9(11)6-8(14)7-12/h3-5H,2,6-7H2,1H3. The van der Waals surface area contributed by atoms with E-state index in [-0.39, 0.29) is 5.78 Å². The van der Waals surface area contributed by atoms with Crippen LogP contribution in [0.4, 0.5) is 0 Å². The Hall–Kier alpha value is -0.540. The van der Waals surface area contributed by atoms with Crippen LogP contribution in [0.15, 0.2) is 18.2 Å². The van der Waals surface area contributed by atoms with Crippen molar-refractivity contribution in [2.45, 2.75) is 13.3 Å². The summed E-state index contributed by atoms with van der Waals surface area (Å²) in [7, 11) is 0. The quantitative estimate of drug-likeness (QED) is 0.779. The first kappa shape index (κ1) is 12.5. The molecule has 0 heterocycles. The van der Waals surface area contributed by atoms with Crippen molar-refractivity contribution >= 4 is 33.3 Å². The molecule has 82 valence electrons. The second kappa shape index (κ2) is 6.13. The van der Waals surface area contributed by atoms with E-state index in [0.29, 0.717) is 29.1 Å². The van der Waals surface area contributed by atoms with Crippen LogP contribution in [-0.2, 0) is 11.2 Å². The second-order valence-corrected chi connectivity index (χ2v) is 3.97. The van der Waals surface area contributed by atoms with Crippen molar-refractivity contribution in [3.05, 3.63) is 28.8 Å². The highest BCUT2D eigenvalue weighted by atomic mass is 79.9. The maximum absolute atomic E-state index is 11.3. The highest BCUT2D eigenvalue weighted by Crippen LogP contribution is 2.27. The Morgan fingerprint density at radius 2 is 2.27 bits per heavy atom. The molecule has 1 rings (SSSR count). The third-order valence-corrected chi connectivity index (χ3v) is 2.88. The van der Waals surface area contributed by atoms with Crippen molar-refractivity contribution in [2.75, 3.05) is 11.9 Å². The number of carbonyl (C=O) groups excluding carboxylic acids is 1. The number of hydrogen-bond donors (Lipinski definition) is 0. The van der Waals surface area contributed by atoms with Gasteiger partial charge in [-0.3, -0.25) is 4.79 Å². The highest BCUT2D eigenvalue weighted by molar-refractivity contribution is 9.09. The van der Waals surface area contributed by atoms with Gasteiger partial charge in [-0.15, -0.1) is 0 Å². The number of Topliss-reactive ketones (excluding diaryl/α,β-unsaturated/α-hetero) is 1. The average Bonchev–Trinajstić information content (AvgIpc) is 2.23. The lowest BCUT2D eigenvalue weighted by molar-refractivity contribution is -0.115. The summed E-state index contributed by atoms with van der Waals surface area (Å²) in [6.07, 6.45) is 0.306. The average molecular weight is 292 g/mol. The molecule has 4 heteroatoms. The number of hydrogen-bond acceptors (Lipinski definition) is 2. The molecule has 0 radical (unpaired) electrons. The highest BCUT2D eigenvalue weighted by Gasteiger charge is 2.11. The summed E-state index contributed by atoms with van der Waals surface area (Å²) < 4.78 is 5.41. The van der Waals surface area contributed by atoms with Gasteiger partial charge < -0.3 is 4.74 Å². The molecule has 0 aliphatic rings. The SMILES string of the molecule is CCOc1cccc(Cl)c1CC(=O)CBr. The van der Waals surface area contributed by atoms with E-state index in [0.717, 1.165) is 5.56 Å². The van der Waals surface area contributed by atoms with Crippen LogP contribution < -0.4 is 4.74 Å². The zero-order valence-corrected chi connectivity index (χ0v) is 10.8. The smallest absolute Gasteiger partial charge is 0.147 e. The fourth-order valence-corrected chi connectivity index (χ4v) is 1.68. The summed E-state index contributed by atoms with van der Waals surface area (Å²) in [6.45, 7) is 2.47. The normalized spacial score (nSPS) is 10.1. The molecule has 1 aromatic carbocycles. The van der Waals surface area contributed by atoms with Crippen molar-refractivity contribution in [1.29, 1.82) is 0 Å². The second-order valence-electron chi connectivity index (χ2n) is 3.00. The first-order chi connectivity index (χ1) is 7.19. The van der Waals surface area contributed by atoms with Crippen molar-refractivity contribution in [2.24, 2.45) is 0 Å². The van der Waals surface area contributed by atoms with Gasteiger partial charge in [0, 0.05) is 17.0 Å². The van der Waals surface area contributed by atoms with E-state index in [1.54, 1.807) is 6.07 Å². The van der Waals surface area contributed by atoms with E-state index in [1.807, 2.05) is 19.1 Å². The molecule has 0 fully saturated rings. The van der Waals surface area contributed by atoms with Gasteiger partial charge >= 0.3 is 0 Å². The Bertz CT molecular complexity index is 352. The minimum absolute atomic E-state index is 0.0871. The fourth-order valence-electron chi connectivity index (χ4n) is 1.25. The molecule has 0 amide bonds. The molecular formula is C11H12BrClO2. The van der Waals surface area contributed by atoms with Crippen LogP contribution in [0.2, 0.25) is 5.02 Å². The number of carbonyl (C=O) groups is 1. The fraction of sp³-hybridized carbons (Fsp3) is 0.364. The number of alkyl halides is 1. The summed E-state index contributed by atoms with van der Waals surface area (Å²) >= 11 is 9.15. The number of ketones is 1. The van der Waals surface area contributed by atoms with Gasteiger partial charge in [0.15, 0.2) is 0 Å². The zero-order valence-electron chi connectivity index (χ0n) is 8.43. The van der Waals surface area contributed by atoms with Crippen LogP contribution in [0.5, 0.6) is 5.75 Å². The minimum Gasteiger partial charge on any atom is -0.494 e. The summed E-state index contributed by atoms with van der Waals surface area (Å²) in [5, 5.41) is 0.916. The van der Waals surface area contributed by atoms with Gasteiger partial charge in [0.25, 0.3) is 0 Å². The predicted octanol–water partition coefficient (Wildman–Crippen LogP) is 3.25. The molecule has 0 aromatic heterocycles. The van der Waals surface area contributed by atoms with Crippen LogP contribution >= 0.6 is 27.5 Å². The molecule has 0 bridgehead atoms. The summed E-state index contributed by atoms with van der Waals surface area (Å²) in [6, 6.07) is 5.41. The number of ether oxygens (including phenoxy) is 1. The molecule has 0 aliphatic carbocycles. The lowest BCUT2D eigenvalue weighted by atomic mass is 10.1. The van der Waals surface area contributed by atoms with Gasteiger partial charge in [0.1, 0.15) is 11.5 Å². The van der Waals surface area contributed by atoms with Crippen molar-refractivity contribution in [1.82, 2.24) is 0 Å². The first-order valence-corrected chi connectivity index (χ1v) is 6.16. The Morgan fingerprint density at radius 3 is 2.87 bits per heavy atom. The van der Waals surface area contributed by atoms with Gasteiger partial charge in [-0.05, 0) is 19.1 Å². The molecule has 2 nitrogen and oxygen atoms in total. The molecule has 0 N–H and O–H groups in total. The maximum atomic E-state index is 11.3. The molecule has 0 saturated heterocycles. The van der Waals surface area contributed by atoms with Crippen molar-refractivity contribution < 1.29 is 9.53 Å². The maximum Gasteiger partial charge on any atom is 0.147 e. The van der Waals surface area contributed by atoms with Gasteiger partial charge in [-0.1, -0.05) is 33.6 Å². The molecule has 0 spiro atoms. The van der Waals surface area contributed by atoms with E-state index in [9.17, 15) is 4.79 Å².